The maximum atomic E-state index is 12.5. The molecule has 0 radical (unpaired) electrons. The molecular weight excluding hydrogens is 587 g/mol. The average molecular weight is 620 g/mol. The molecule has 11 nitrogen and oxygen atoms in total. The minimum absolute atomic E-state index is 0.217. The number of carbonyl (C=O) groups excluding carboxylic acids is 1. The Morgan fingerprint density at radius 2 is 1.79 bits per heavy atom. The molecule has 1 atom stereocenters. The highest BCUT2D eigenvalue weighted by molar-refractivity contribution is 7.90. The molecule has 1 aliphatic heterocycles. The first kappa shape index (κ1) is 33.4. The van der Waals surface area contributed by atoms with Gasteiger partial charge in [-0.05, 0) is 49.1 Å². The van der Waals surface area contributed by atoms with Crippen LogP contribution < -0.4 is 10.2 Å². The maximum Gasteiger partial charge on any atom is 0.417 e. The highest BCUT2D eigenvalue weighted by Crippen LogP contribution is 2.28. The fourth-order valence-electron chi connectivity index (χ4n) is 4.00. The van der Waals surface area contributed by atoms with Crippen molar-refractivity contribution in [1.82, 2.24) is 30.3 Å². The zero-order valence-electron chi connectivity index (χ0n) is 23.4. The molecule has 15 heteroatoms. The number of alkyl halides is 3. The topological polar surface area (TPSA) is 142 Å². The third-order valence-corrected chi connectivity index (χ3v) is 7.14. The van der Waals surface area contributed by atoms with Crippen LogP contribution in [-0.2, 0) is 27.2 Å². The number of nitrogens with zero attached hydrogens (tertiary/aromatic N) is 6. The van der Waals surface area contributed by atoms with Gasteiger partial charge < -0.3 is 10.2 Å². The van der Waals surface area contributed by atoms with Crippen molar-refractivity contribution in [3.8, 4) is 11.8 Å². The Balaban J connectivity index is 0.000000243. The predicted molar refractivity (Wildman–Crippen MR) is 153 cm³/mol. The smallest absolute Gasteiger partial charge is 0.354 e. The third-order valence-electron chi connectivity index (χ3n) is 6.15. The van der Waals surface area contributed by atoms with Crippen LogP contribution in [-0.4, -0.2) is 89.3 Å². The zero-order chi connectivity index (χ0) is 31.3. The van der Waals surface area contributed by atoms with Crippen LogP contribution in [0, 0.1) is 11.8 Å². The Hall–Kier alpha value is -4.13. The number of pyridine rings is 2. The number of rotatable bonds is 9. The molecule has 230 valence electrons. The molecular formula is C28H32F3N7O4S. The van der Waals surface area contributed by atoms with Crippen molar-refractivity contribution in [3.63, 3.8) is 0 Å². The van der Waals surface area contributed by atoms with Crippen LogP contribution in [0.1, 0.15) is 35.5 Å². The monoisotopic (exact) mass is 619 g/mol. The molecule has 4 rings (SSSR count). The lowest BCUT2D eigenvalue weighted by Crippen LogP contribution is -2.43. The molecule has 0 aromatic carbocycles. The maximum absolute atomic E-state index is 12.5. The van der Waals surface area contributed by atoms with E-state index in [0.29, 0.717) is 35.7 Å². The standard InChI is InChI=1S/C17H15F3N4.C11H17N3O4S/c18-17(19,20)14-3-5-15(22-12-14)4-1-13-2-6-16(23-11-13)24-9-7-21-8-10-24;1-19(17,18)8-10(14(16)9-15)4-2-5-11-12-6-3-7-13-11/h2-3,5-6,11-12,21H,7-10H2;3,6-7,9-10,16H,2,4-5,8H2,1H3. The average Bonchev–Trinajstić information content (AvgIpc) is 3.00. The molecule has 0 aliphatic carbocycles. The fourth-order valence-corrected chi connectivity index (χ4v) is 5.01. The molecule has 1 saturated heterocycles. The van der Waals surface area contributed by atoms with Gasteiger partial charge in [0.05, 0.1) is 17.4 Å². The van der Waals surface area contributed by atoms with Gasteiger partial charge in [0.2, 0.25) is 6.41 Å². The van der Waals surface area contributed by atoms with Crippen molar-refractivity contribution in [1.29, 1.82) is 0 Å². The second-order valence-electron chi connectivity index (χ2n) is 9.61. The van der Waals surface area contributed by atoms with E-state index in [1.807, 2.05) is 12.1 Å². The van der Waals surface area contributed by atoms with Crippen molar-refractivity contribution in [3.05, 3.63) is 77.8 Å². The van der Waals surface area contributed by atoms with Crippen molar-refractivity contribution in [2.45, 2.75) is 31.5 Å². The van der Waals surface area contributed by atoms with Crippen molar-refractivity contribution >= 4 is 22.1 Å². The van der Waals surface area contributed by atoms with E-state index in [9.17, 15) is 31.6 Å². The van der Waals surface area contributed by atoms with Gasteiger partial charge in [0.25, 0.3) is 0 Å². The zero-order valence-corrected chi connectivity index (χ0v) is 24.2. The lowest BCUT2D eigenvalue weighted by atomic mass is 10.1. The van der Waals surface area contributed by atoms with Gasteiger partial charge in [0.15, 0.2) is 0 Å². The van der Waals surface area contributed by atoms with E-state index in [1.54, 1.807) is 24.7 Å². The Kier molecular flexibility index (Phi) is 12.4. The van der Waals surface area contributed by atoms with E-state index in [0.717, 1.165) is 50.5 Å². The molecule has 1 unspecified atom stereocenters. The van der Waals surface area contributed by atoms with Gasteiger partial charge in [-0.25, -0.2) is 33.4 Å². The fraction of sp³-hybridized carbons (Fsp3) is 0.393. The summed E-state index contributed by atoms with van der Waals surface area (Å²) in [4.78, 5) is 28.9. The molecule has 1 aliphatic rings. The minimum atomic E-state index is -4.39. The summed E-state index contributed by atoms with van der Waals surface area (Å²) in [6.45, 7) is 3.69. The molecule has 3 aromatic rings. The Labute approximate surface area is 248 Å². The quantitative estimate of drug-likeness (QED) is 0.159. The molecule has 0 bridgehead atoms. The molecule has 43 heavy (non-hydrogen) atoms. The Morgan fingerprint density at radius 1 is 1.07 bits per heavy atom. The number of anilines is 1. The number of hydrogen-bond acceptors (Lipinski definition) is 10. The van der Waals surface area contributed by atoms with E-state index in [2.05, 4.69) is 42.0 Å². The predicted octanol–water partition coefficient (Wildman–Crippen LogP) is 2.36. The van der Waals surface area contributed by atoms with Crippen LogP contribution in [0.4, 0.5) is 19.0 Å². The van der Waals surface area contributed by atoms with E-state index in [1.165, 1.54) is 6.07 Å². The number of aromatic nitrogens is 4. The molecule has 2 N–H and O–H groups in total. The highest BCUT2D eigenvalue weighted by Gasteiger charge is 2.30. The summed E-state index contributed by atoms with van der Waals surface area (Å²) >= 11 is 0. The number of carbonyl (C=O) groups is 1. The van der Waals surface area contributed by atoms with Gasteiger partial charge in [-0.15, -0.1) is 0 Å². The first-order chi connectivity index (χ1) is 20.4. The number of halogens is 3. The Bertz CT molecular complexity index is 1460. The van der Waals surface area contributed by atoms with Crippen LogP contribution in [0.5, 0.6) is 0 Å². The number of amides is 1. The summed E-state index contributed by atoms with van der Waals surface area (Å²) in [7, 11) is -3.27. The summed E-state index contributed by atoms with van der Waals surface area (Å²) < 4.78 is 59.8. The number of hydrogen-bond donors (Lipinski definition) is 2. The van der Waals surface area contributed by atoms with Crippen LogP contribution >= 0.6 is 0 Å². The van der Waals surface area contributed by atoms with Crippen LogP contribution in [0.2, 0.25) is 0 Å². The van der Waals surface area contributed by atoms with Gasteiger partial charge in [-0.1, -0.05) is 5.92 Å². The van der Waals surface area contributed by atoms with E-state index in [-0.39, 0.29) is 17.9 Å². The van der Waals surface area contributed by atoms with Gasteiger partial charge in [-0.2, -0.15) is 13.2 Å². The molecule has 4 heterocycles. The highest BCUT2D eigenvalue weighted by atomic mass is 32.2. The summed E-state index contributed by atoms with van der Waals surface area (Å²) in [6, 6.07) is 6.95. The van der Waals surface area contributed by atoms with Crippen LogP contribution in [0.3, 0.4) is 0 Å². The summed E-state index contributed by atoms with van der Waals surface area (Å²) in [5, 5.41) is 13.0. The van der Waals surface area contributed by atoms with Crippen LogP contribution in [0.15, 0.2) is 55.1 Å². The second kappa shape index (κ2) is 15.9. The number of aryl methyl sites for hydroxylation is 1. The number of piperazine rings is 1. The largest absolute Gasteiger partial charge is 0.417 e. The first-order valence-corrected chi connectivity index (χ1v) is 15.3. The minimum Gasteiger partial charge on any atom is -0.354 e. The van der Waals surface area contributed by atoms with E-state index in [4.69, 9.17) is 0 Å². The summed E-state index contributed by atoms with van der Waals surface area (Å²) in [5.41, 5.74) is 0.194. The number of nitrogens with one attached hydrogen (secondary N) is 1. The van der Waals surface area contributed by atoms with Crippen molar-refractivity contribution in [2.24, 2.45) is 0 Å². The van der Waals surface area contributed by atoms with Gasteiger partial charge in [0, 0.05) is 69.2 Å². The van der Waals surface area contributed by atoms with Crippen LogP contribution in [0.25, 0.3) is 0 Å². The summed E-state index contributed by atoms with van der Waals surface area (Å²) in [6.07, 6.45) is 4.10. The normalized spacial score (nSPS) is 14.0. The van der Waals surface area contributed by atoms with E-state index < -0.39 is 27.6 Å². The lowest BCUT2D eigenvalue weighted by Gasteiger charge is -2.28. The van der Waals surface area contributed by atoms with Crippen molar-refractivity contribution in [2.75, 3.05) is 43.1 Å². The molecule has 1 fully saturated rings. The number of hydroxylamine groups is 2. The number of sulfone groups is 1. The summed E-state index contributed by atoms with van der Waals surface area (Å²) in [5.74, 6) is 6.89. The van der Waals surface area contributed by atoms with Gasteiger partial charge in [-0.3, -0.25) is 10.0 Å². The second-order valence-corrected chi connectivity index (χ2v) is 11.8. The molecule has 3 aromatic heterocycles. The molecule has 1 amide bonds. The molecule has 0 saturated carbocycles. The first-order valence-electron chi connectivity index (χ1n) is 13.3. The third kappa shape index (κ3) is 11.9. The lowest BCUT2D eigenvalue weighted by molar-refractivity contribution is -0.158. The van der Waals surface area contributed by atoms with Crippen molar-refractivity contribution < 1.29 is 31.6 Å². The van der Waals surface area contributed by atoms with Gasteiger partial charge in [0.1, 0.15) is 27.2 Å². The SMILES string of the molecule is CS(=O)(=O)CC(CCCc1ncccn1)N(O)C=O.FC(F)(F)c1ccc(C#Cc2ccc(N3CCNCC3)nc2)nc1. The Morgan fingerprint density at radius 3 is 2.35 bits per heavy atom. The van der Waals surface area contributed by atoms with E-state index >= 15 is 0 Å². The van der Waals surface area contributed by atoms with Gasteiger partial charge >= 0.3 is 6.18 Å². The molecule has 0 spiro atoms.